The summed E-state index contributed by atoms with van der Waals surface area (Å²) in [5, 5.41) is 11.2. The Balaban J connectivity index is 1.80. The van der Waals surface area contributed by atoms with Gasteiger partial charge in [0.2, 0.25) is 0 Å². The van der Waals surface area contributed by atoms with Gasteiger partial charge in [-0.15, -0.1) is 0 Å². The molecule has 70 valence electrons. The molecule has 2 fully saturated rings. The molecule has 4 heteroatoms. The van der Waals surface area contributed by atoms with Crippen LogP contribution < -0.4 is 16.0 Å². The fraction of sp³-hybridized carbons (Fsp3) is 1.00. The molecule has 0 aliphatic carbocycles. The highest BCUT2D eigenvalue weighted by atomic mass is 32.2. The van der Waals surface area contributed by atoms with Crippen LogP contribution in [0.15, 0.2) is 0 Å². The number of piperazine rings is 1. The van der Waals surface area contributed by atoms with E-state index in [2.05, 4.69) is 27.7 Å². The SMILES string of the molecule is C1CNC(C2CNCCS2)CN1. The van der Waals surface area contributed by atoms with E-state index < -0.39 is 0 Å². The monoisotopic (exact) mass is 187 g/mol. The second-order valence-electron chi connectivity index (χ2n) is 3.38. The second kappa shape index (κ2) is 4.46. The summed E-state index contributed by atoms with van der Waals surface area (Å²) in [4.78, 5) is 0. The van der Waals surface area contributed by atoms with Crippen LogP contribution in [0.2, 0.25) is 0 Å². The van der Waals surface area contributed by atoms with Gasteiger partial charge in [-0.25, -0.2) is 0 Å². The van der Waals surface area contributed by atoms with Crippen molar-refractivity contribution in [3.8, 4) is 0 Å². The number of hydrogen-bond donors (Lipinski definition) is 3. The Morgan fingerprint density at radius 1 is 1.00 bits per heavy atom. The van der Waals surface area contributed by atoms with E-state index in [1.54, 1.807) is 0 Å². The molecule has 12 heavy (non-hydrogen) atoms. The van der Waals surface area contributed by atoms with Crippen LogP contribution in [-0.2, 0) is 0 Å². The number of rotatable bonds is 1. The largest absolute Gasteiger partial charge is 0.315 e. The summed E-state index contributed by atoms with van der Waals surface area (Å²) in [6, 6.07) is 0.677. The summed E-state index contributed by atoms with van der Waals surface area (Å²) in [5.74, 6) is 1.27. The minimum Gasteiger partial charge on any atom is -0.315 e. The van der Waals surface area contributed by atoms with Gasteiger partial charge in [-0.3, -0.25) is 0 Å². The van der Waals surface area contributed by atoms with Gasteiger partial charge in [0.15, 0.2) is 0 Å². The summed E-state index contributed by atoms with van der Waals surface area (Å²) < 4.78 is 0. The minimum absolute atomic E-state index is 0.677. The van der Waals surface area contributed by atoms with Gasteiger partial charge in [0.05, 0.1) is 0 Å². The highest BCUT2D eigenvalue weighted by molar-refractivity contribution is 8.00. The lowest BCUT2D eigenvalue weighted by Gasteiger charge is -2.33. The van der Waals surface area contributed by atoms with Crippen LogP contribution in [0.5, 0.6) is 0 Å². The van der Waals surface area contributed by atoms with E-state index in [0.29, 0.717) is 6.04 Å². The highest BCUT2D eigenvalue weighted by Gasteiger charge is 2.24. The quantitative estimate of drug-likeness (QED) is 0.505. The van der Waals surface area contributed by atoms with E-state index >= 15 is 0 Å². The number of hydrogen-bond acceptors (Lipinski definition) is 4. The molecule has 2 heterocycles. The van der Waals surface area contributed by atoms with Gasteiger partial charge in [-0.05, 0) is 0 Å². The molecule has 2 unspecified atom stereocenters. The standard InChI is InChI=1S/C8H17N3S/c1-2-11-7(5-9-1)8-6-10-3-4-12-8/h7-11H,1-6H2. The molecule has 0 aromatic heterocycles. The van der Waals surface area contributed by atoms with Crippen molar-refractivity contribution in [1.29, 1.82) is 0 Å². The predicted octanol–water partition coefficient (Wildman–Crippen LogP) is -0.747. The van der Waals surface area contributed by atoms with Crippen molar-refractivity contribution < 1.29 is 0 Å². The van der Waals surface area contributed by atoms with Gasteiger partial charge in [-0.1, -0.05) is 0 Å². The lowest BCUT2D eigenvalue weighted by atomic mass is 10.1. The molecule has 3 nitrogen and oxygen atoms in total. The minimum atomic E-state index is 0.677. The molecule has 2 aliphatic heterocycles. The molecule has 0 aromatic carbocycles. The van der Waals surface area contributed by atoms with Crippen molar-refractivity contribution in [2.75, 3.05) is 38.5 Å². The Morgan fingerprint density at radius 3 is 2.58 bits per heavy atom. The topological polar surface area (TPSA) is 36.1 Å². The van der Waals surface area contributed by atoms with E-state index in [0.717, 1.165) is 24.9 Å². The van der Waals surface area contributed by atoms with E-state index in [1.165, 1.54) is 18.8 Å². The maximum absolute atomic E-state index is 3.57. The Kier molecular flexibility index (Phi) is 3.28. The van der Waals surface area contributed by atoms with Gasteiger partial charge in [-0.2, -0.15) is 11.8 Å². The lowest BCUT2D eigenvalue weighted by Crippen LogP contribution is -2.56. The number of nitrogens with one attached hydrogen (secondary N) is 3. The smallest absolute Gasteiger partial charge is 0.0338 e. The van der Waals surface area contributed by atoms with Crippen LogP contribution in [0.4, 0.5) is 0 Å². The van der Waals surface area contributed by atoms with Crippen LogP contribution in [0.3, 0.4) is 0 Å². The van der Waals surface area contributed by atoms with Crippen LogP contribution in [0, 0.1) is 0 Å². The average molecular weight is 187 g/mol. The van der Waals surface area contributed by atoms with Gasteiger partial charge >= 0.3 is 0 Å². The van der Waals surface area contributed by atoms with Crippen LogP contribution in [0.25, 0.3) is 0 Å². The molecule has 0 spiro atoms. The van der Waals surface area contributed by atoms with Gasteiger partial charge in [0.1, 0.15) is 0 Å². The summed E-state index contributed by atoms with van der Waals surface area (Å²) in [6.07, 6.45) is 0. The third-order valence-electron chi connectivity index (χ3n) is 2.48. The highest BCUT2D eigenvalue weighted by Crippen LogP contribution is 2.17. The third-order valence-corrected chi connectivity index (χ3v) is 3.84. The summed E-state index contributed by atoms with van der Waals surface area (Å²) in [5.41, 5.74) is 0. The zero-order chi connectivity index (χ0) is 8.23. The van der Waals surface area contributed by atoms with E-state index in [4.69, 9.17) is 0 Å². The van der Waals surface area contributed by atoms with E-state index in [1.807, 2.05) is 0 Å². The lowest BCUT2D eigenvalue weighted by molar-refractivity contribution is 0.398. The summed E-state index contributed by atoms with van der Waals surface area (Å²) >= 11 is 2.10. The molecule has 0 bridgehead atoms. The van der Waals surface area contributed by atoms with E-state index in [-0.39, 0.29) is 0 Å². The van der Waals surface area contributed by atoms with Crippen molar-refractivity contribution >= 4 is 11.8 Å². The van der Waals surface area contributed by atoms with Crippen molar-refractivity contribution in [2.45, 2.75) is 11.3 Å². The molecular formula is C8H17N3S. The van der Waals surface area contributed by atoms with Crippen molar-refractivity contribution in [1.82, 2.24) is 16.0 Å². The first-order valence-corrected chi connectivity index (χ1v) is 5.78. The van der Waals surface area contributed by atoms with Gasteiger partial charge in [0, 0.05) is 49.8 Å². The molecule has 2 atom stereocenters. The normalized spacial score (nSPS) is 38.0. The molecule has 0 aromatic rings. The molecule has 3 N–H and O–H groups in total. The van der Waals surface area contributed by atoms with Crippen LogP contribution in [0.1, 0.15) is 0 Å². The maximum atomic E-state index is 3.57. The Bertz CT molecular complexity index is 114. The molecule has 0 amide bonds. The van der Waals surface area contributed by atoms with Crippen molar-refractivity contribution in [3.05, 3.63) is 0 Å². The molecule has 0 saturated carbocycles. The first-order valence-electron chi connectivity index (χ1n) is 4.73. The Labute approximate surface area is 78.1 Å². The summed E-state index contributed by atoms with van der Waals surface area (Å²) in [6.45, 7) is 5.74. The summed E-state index contributed by atoms with van der Waals surface area (Å²) in [7, 11) is 0. The van der Waals surface area contributed by atoms with E-state index in [9.17, 15) is 0 Å². The zero-order valence-corrected chi connectivity index (χ0v) is 8.12. The predicted molar refractivity (Wildman–Crippen MR) is 53.8 cm³/mol. The molecular weight excluding hydrogens is 170 g/mol. The maximum Gasteiger partial charge on any atom is 0.0338 e. The Morgan fingerprint density at radius 2 is 1.92 bits per heavy atom. The van der Waals surface area contributed by atoms with Crippen LogP contribution in [-0.4, -0.2) is 49.8 Å². The average Bonchev–Trinajstić information content (AvgIpc) is 2.21. The van der Waals surface area contributed by atoms with Gasteiger partial charge < -0.3 is 16.0 Å². The molecule has 2 rings (SSSR count). The third kappa shape index (κ3) is 2.13. The molecule has 2 aliphatic rings. The fourth-order valence-corrected chi connectivity index (χ4v) is 3.01. The molecule has 2 saturated heterocycles. The Hall–Kier alpha value is 0.230. The van der Waals surface area contributed by atoms with Crippen molar-refractivity contribution in [2.24, 2.45) is 0 Å². The van der Waals surface area contributed by atoms with Crippen molar-refractivity contribution in [3.63, 3.8) is 0 Å². The number of thioether (sulfide) groups is 1. The first kappa shape index (κ1) is 8.81. The van der Waals surface area contributed by atoms with Gasteiger partial charge in [0.25, 0.3) is 0 Å². The van der Waals surface area contributed by atoms with Crippen LogP contribution >= 0.6 is 11.8 Å². The fourth-order valence-electron chi connectivity index (χ4n) is 1.78. The molecule has 0 radical (unpaired) electrons. The second-order valence-corrected chi connectivity index (χ2v) is 4.73. The first-order chi connectivity index (χ1) is 5.97. The zero-order valence-electron chi connectivity index (χ0n) is 7.31.